The molecule has 0 aromatic rings. The molecule has 0 radical (unpaired) electrons. The molecule has 2 nitrogen and oxygen atoms in total. The highest BCUT2D eigenvalue weighted by atomic mass is 28.3. The Morgan fingerprint density at radius 3 is 2.44 bits per heavy atom. The summed E-state index contributed by atoms with van der Waals surface area (Å²) < 4.78 is 4.98. The number of hydrogen-bond donors (Lipinski definition) is 0. The van der Waals surface area contributed by atoms with Gasteiger partial charge >= 0.3 is 0 Å². The van der Waals surface area contributed by atoms with Gasteiger partial charge in [0.2, 0.25) is 9.04 Å². The summed E-state index contributed by atoms with van der Waals surface area (Å²) >= 11 is 0. The molecule has 0 aliphatic heterocycles. The number of hydrogen-bond acceptors (Lipinski definition) is 2. The molecule has 0 fully saturated rings. The van der Waals surface area contributed by atoms with E-state index in [0.717, 1.165) is 13.0 Å². The summed E-state index contributed by atoms with van der Waals surface area (Å²) in [5, 5.41) is 0. The topological polar surface area (TPSA) is 18.5 Å². The van der Waals surface area contributed by atoms with Gasteiger partial charge in [0.05, 0.1) is 6.61 Å². The lowest BCUT2D eigenvalue weighted by atomic mass is 10.4. The third-order valence-corrected chi connectivity index (χ3v) is 1.36. The van der Waals surface area contributed by atoms with Crippen LogP contribution < -0.4 is 0 Å². The van der Waals surface area contributed by atoms with E-state index in [1.807, 2.05) is 0 Å². The van der Waals surface area contributed by atoms with E-state index < -0.39 is 9.04 Å². The highest BCUT2D eigenvalue weighted by Gasteiger charge is 1.94. The van der Waals surface area contributed by atoms with Crippen LogP contribution >= 0.6 is 0 Å². The van der Waals surface area contributed by atoms with Crippen molar-refractivity contribution in [1.29, 1.82) is 0 Å². The van der Waals surface area contributed by atoms with Crippen molar-refractivity contribution >= 4 is 9.04 Å². The maximum absolute atomic E-state index is 4.98. The maximum Gasteiger partial charge on any atom is 0.218 e. The normalized spacial score (nSPS) is 10.7. The summed E-state index contributed by atoms with van der Waals surface area (Å²) in [6.07, 6.45) is 2.27. The van der Waals surface area contributed by atoms with Crippen molar-refractivity contribution in [2.24, 2.45) is 0 Å². The zero-order chi connectivity index (χ0) is 7.11. The molecular weight excluding hydrogens is 132 g/mol. The van der Waals surface area contributed by atoms with E-state index in [-0.39, 0.29) is 0 Å². The predicted octanol–water partition coefficient (Wildman–Crippen LogP) is 1.72. The van der Waals surface area contributed by atoms with Crippen LogP contribution in [0.2, 0.25) is 13.1 Å². The average Bonchev–Trinajstić information content (AvgIpc) is 1.80. The molecule has 0 aromatic heterocycles. The van der Waals surface area contributed by atoms with Gasteiger partial charge in [-0.3, -0.25) is 4.58 Å². The molecule has 0 rings (SSSR count). The SMILES string of the molecule is CCCCOO[SiH](C)C. The van der Waals surface area contributed by atoms with Crippen LogP contribution in [0.1, 0.15) is 19.8 Å². The summed E-state index contributed by atoms with van der Waals surface area (Å²) in [4.78, 5) is 4.90. The molecule has 0 saturated carbocycles. The van der Waals surface area contributed by atoms with E-state index in [2.05, 4.69) is 20.0 Å². The van der Waals surface area contributed by atoms with E-state index in [4.69, 9.17) is 9.46 Å². The Morgan fingerprint density at radius 2 is 2.00 bits per heavy atom. The van der Waals surface area contributed by atoms with Gasteiger partial charge < -0.3 is 0 Å². The zero-order valence-electron chi connectivity index (χ0n) is 6.52. The fraction of sp³-hybridized carbons (Fsp3) is 1.00. The molecule has 0 aromatic carbocycles. The van der Waals surface area contributed by atoms with Gasteiger partial charge in [-0.15, -0.1) is 0 Å². The second kappa shape index (κ2) is 6.26. The van der Waals surface area contributed by atoms with Crippen LogP contribution in [0, 0.1) is 0 Å². The third-order valence-electron chi connectivity index (χ3n) is 0.842. The average molecular weight is 148 g/mol. The molecule has 0 N–H and O–H groups in total. The molecule has 0 unspecified atom stereocenters. The van der Waals surface area contributed by atoms with Crippen molar-refractivity contribution in [3.8, 4) is 0 Å². The highest BCUT2D eigenvalue weighted by molar-refractivity contribution is 6.48. The Bertz CT molecular complexity index is 57.0. The van der Waals surface area contributed by atoms with Gasteiger partial charge in [-0.25, -0.2) is 4.89 Å². The van der Waals surface area contributed by atoms with Gasteiger partial charge in [-0.1, -0.05) is 13.3 Å². The maximum atomic E-state index is 4.98. The number of unbranched alkanes of at least 4 members (excludes halogenated alkanes) is 1. The Morgan fingerprint density at radius 1 is 1.33 bits per heavy atom. The Hall–Kier alpha value is 0.137. The molecular formula is C6H16O2Si. The third kappa shape index (κ3) is 8.14. The molecule has 0 saturated heterocycles. The first-order chi connectivity index (χ1) is 4.27. The van der Waals surface area contributed by atoms with Crippen LogP contribution in [0.15, 0.2) is 0 Å². The first kappa shape index (κ1) is 9.14. The van der Waals surface area contributed by atoms with Crippen LogP contribution in [-0.4, -0.2) is 15.6 Å². The zero-order valence-corrected chi connectivity index (χ0v) is 7.67. The second-order valence-corrected chi connectivity index (χ2v) is 4.61. The van der Waals surface area contributed by atoms with Gasteiger partial charge in [-0.2, -0.15) is 0 Å². The summed E-state index contributed by atoms with van der Waals surface area (Å²) in [7, 11) is -0.935. The molecule has 56 valence electrons. The standard InChI is InChI=1S/C6H16O2Si/c1-4-5-6-7-8-9(2)3/h9H,4-6H2,1-3H3. The minimum Gasteiger partial charge on any atom is -0.291 e. The molecule has 9 heavy (non-hydrogen) atoms. The van der Waals surface area contributed by atoms with Crippen molar-refractivity contribution in [1.82, 2.24) is 0 Å². The quantitative estimate of drug-likeness (QED) is 0.256. The van der Waals surface area contributed by atoms with Crippen LogP contribution in [-0.2, 0) is 9.46 Å². The summed E-state index contributed by atoms with van der Waals surface area (Å²) in [5.41, 5.74) is 0. The van der Waals surface area contributed by atoms with Gasteiger partial charge in [0.15, 0.2) is 0 Å². The van der Waals surface area contributed by atoms with Crippen molar-refractivity contribution < 1.29 is 9.46 Å². The largest absolute Gasteiger partial charge is 0.291 e. The second-order valence-electron chi connectivity index (χ2n) is 2.32. The summed E-state index contributed by atoms with van der Waals surface area (Å²) in [5.74, 6) is 0. The fourth-order valence-corrected chi connectivity index (χ4v) is 0.756. The molecule has 0 amide bonds. The molecule has 0 bridgehead atoms. The van der Waals surface area contributed by atoms with Crippen LogP contribution in [0.5, 0.6) is 0 Å². The van der Waals surface area contributed by atoms with E-state index in [1.165, 1.54) is 6.42 Å². The predicted molar refractivity (Wildman–Crippen MR) is 40.8 cm³/mol. The number of rotatable bonds is 5. The molecule has 0 aliphatic rings. The van der Waals surface area contributed by atoms with Gasteiger partial charge in [0.25, 0.3) is 0 Å². The minimum absolute atomic E-state index is 0.752. The molecule has 3 heteroatoms. The first-order valence-electron chi connectivity index (χ1n) is 3.55. The Labute approximate surface area is 58.8 Å². The van der Waals surface area contributed by atoms with Crippen molar-refractivity contribution in [2.45, 2.75) is 32.9 Å². The van der Waals surface area contributed by atoms with E-state index in [9.17, 15) is 0 Å². The molecule has 0 heterocycles. The lowest BCUT2D eigenvalue weighted by molar-refractivity contribution is -0.212. The summed E-state index contributed by atoms with van der Waals surface area (Å²) in [6, 6.07) is 0. The molecule has 0 atom stereocenters. The monoisotopic (exact) mass is 148 g/mol. The lowest BCUT2D eigenvalue weighted by Crippen LogP contribution is -2.08. The van der Waals surface area contributed by atoms with Crippen molar-refractivity contribution in [2.75, 3.05) is 6.61 Å². The van der Waals surface area contributed by atoms with Gasteiger partial charge in [-0.05, 0) is 19.5 Å². The van der Waals surface area contributed by atoms with E-state index in [1.54, 1.807) is 0 Å². The van der Waals surface area contributed by atoms with Crippen LogP contribution in [0.25, 0.3) is 0 Å². The lowest BCUT2D eigenvalue weighted by Gasteiger charge is -2.04. The Kier molecular flexibility index (Phi) is 6.35. The van der Waals surface area contributed by atoms with Gasteiger partial charge in [0.1, 0.15) is 0 Å². The molecule has 0 spiro atoms. The fourth-order valence-electron chi connectivity index (χ4n) is 0.387. The highest BCUT2D eigenvalue weighted by Crippen LogP contribution is 1.90. The van der Waals surface area contributed by atoms with Gasteiger partial charge in [0, 0.05) is 0 Å². The summed E-state index contributed by atoms with van der Waals surface area (Å²) in [6.45, 7) is 7.07. The minimum atomic E-state index is -0.935. The smallest absolute Gasteiger partial charge is 0.218 e. The van der Waals surface area contributed by atoms with E-state index in [0.29, 0.717) is 0 Å². The molecule has 0 aliphatic carbocycles. The Balaban J connectivity index is 2.75. The van der Waals surface area contributed by atoms with Crippen molar-refractivity contribution in [3.63, 3.8) is 0 Å². The first-order valence-corrected chi connectivity index (χ1v) is 6.33. The van der Waals surface area contributed by atoms with Crippen LogP contribution in [0.4, 0.5) is 0 Å². The van der Waals surface area contributed by atoms with Crippen LogP contribution in [0.3, 0.4) is 0 Å². The van der Waals surface area contributed by atoms with E-state index >= 15 is 0 Å². The van der Waals surface area contributed by atoms with Crippen molar-refractivity contribution in [3.05, 3.63) is 0 Å².